The molecule has 0 aliphatic carbocycles. The fourth-order valence-electron chi connectivity index (χ4n) is 1.94. The number of hydrogen-bond acceptors (Lipinski definition) is 5. The van der Waals surface area contributed by atoms with Gasteiger partial charge in [-0.15, -0.1) is 0 Å². The minimum Gasteiger partial charge on any atom is -0.480 e. The zero-order valence-corrected chi connectivity index (χ0v) is 13.6. The first-order valence-corrected chi connectivity index (χ1v) is 8.03. The average molecular weight is 329 g/mol. The Kier molecular flexibility index (Phi) is 5.67. The predicted octanol–water partition coefficient (Wildman–Crippen LogP) is 1.17. The van der Waals surface area contributed by atoms with Crippen molar-refractivity contribution in [2.24, 2.45) is 5.92 Å². The molecule has 22 heavy (non-hydrogen) atoms. The van der Waals surface area contributed by atoms with Crippen LogP contribution in [0, 0.1) is 12.8 Å². The van der Waals surface area contributed by atoms with Crippen LogP contribution in [-0.2, 0) is 19.6 Å². The van der Waals surface area contributed by atoms with Gasteiger partial charge in [0.15, 0.2) is 0 Å². The first kappa shape index (κ1) is 18.1. The Labute approximate surface area is 129 Å². The molecule has 0 saturated carbocycles. The quantitative estimate of drug-likeness (QED) is 0.758. The summed E-state index contributed by atoms with van der Waals surface area (Å²) >= 11 is 0. The summed E-state index contributed by atoms with van der Waals surface area (Å²) in [5.74, 6) is -2.36. The van der Waals surface area contributed by atoms with Crippen LogP contribution in [0.15, 0.2) is 23.1 Å². The molecule has 0 radical (unpaired) electrons. The number of ether oxygens (including phenoxy) is 1. The van der Waals surface area contributed by atoms with E-state index in [2.05, 4.69) is 9.46 Å². The molecule has 1 aromatic rings. The van der Waals surface area contributed by atoms with Gasteiger partial charge in [0.1, 0.15) is 6.04 Å². The number of carboxylic acid groups (broad SMARTS) is 1. The van der Waals surface area contributed by atoms with Crippen molar-refractivity contribution in [3.8, 4) is 0 Å². The van der Waals surface area contributed by atoms with Crippen molar-refractivity contribution in [1.82, 2.24) is 4.72 Å². The monoisotopic (exact) mass is 329 g/mol. The van der Waals surface area contributed by atoms with E-state index in [-0.39, 0.29) is 16.0 Å². The fourth-order valence-corrected chi connectivity index (χ4v) is 3.54. The standard InChI is InChI=1S/C14H19NO6S/c1-8(2)12(13(16)17)15-22(19,20)11-7-5-6-10(9(11)3)14(18)21-4/h5-8,12,15H,1-4H3,(H,16,17)/t12-/m0/s1. The predicted molar refractivity (Wildman–Crippen MR) is 79.1 cm³/mol. The van der Waals surface area contributed by atoms with Gasteiger partial charge >= 0.3 is 11.9 Å². The van der Waals surface area contributed by atoms with Crippen LogP contribution in [-0.4, -0.2) is 38.6 Å². The highest BCUT2D eigenvalue weighted by Crippen LogP contribution is 2.20. The molecule has 1 aromatic carbocycles. The lowest BCUT2D eigenvalue weighted by atomic mass is 10.1. The van der Waals surface area contributed by atoms with E-state index in [4.69, 9.17) is 5.11 Å². The van der Waals surface area contributed by atoms with E-state index >= 15 is 0 Å². The van der Waals surface area contributed by atoms with E-state index in [0.29, 0.717) is 0 Å². The lowest BCUT2D eigenvalue weighted by molar-refractivity contribution is -0.140. The maximum Gasteiger partial charge on any atom is 0.338 e. The third kappa shape index (κ3) is 3.83. The second-order valence-corrected chi connectivity index (χ2v) is 6.78. The summed E-state index contributed by atoms with van der Waals surface area (Å²) in [7, 11) is -2.89. The summed E-state index contributed by atoms with van der Waals surface area (Å²) in [5, 5.41) is 9.10. The average Bonchev–Trinajstić information content (AvgIpc) is 2.43. The van der Waals surface area contributed by atoms with Crippen molar-refractivity contribution < 1.29 is 27.9 Å². The van der Waals surface area contributed by atoms with Gasteiger partial charge in [-0.05, 0) is 30.5 Å². The molecule has 7 nitrogen and oxygen atoms in total. The van der Waals surface area contributed by atoms with E-state index in [0.717, 1.165) is 0 Å². The molecule has 0 aliphatic rings. The molecule has 0 amide bonds. The van der Waals surface area contributed by atoms with Crippen LogP contribution in [0.25, 0.3) is 0 Å². The normalized spacial score (nSPS) is 13.0. The second-order valence-electron chi connectivity index (χ2n) is 5.10. The molecule has 1 atom stereocenters. The van der Waals surface area contributed by atoms with E-state index in [9.17, 15) is 18.0 Å². The maximum atomic E-state index is 12.4. The maximum absolute atomic E-state index is 12.4. The summed E-state index contributed by atoms with van der Waals surface area (Å²) in [4.78, 5) is 22.6. The molecular weight excluding hydrogens is 310 g/mol. The Morgan fingerprint density at radius 3 is 2.32 bits per heavy atom. The van der Waals surface area contributed by atoms with Gasteiger partial charge in [-0.2, -0.15) is 4.72 Å². The summed E-state index contributed by atoms with van der Waals surface area (Å²) in [6.45, 7) is 4.66. The number of methoxy groups -OCH3 is 1. The number of sulfonamides is 1. The van der Waals surface area contributed by atoms with Gasteiger partial charge in [0.25, 0.3) is 0 Å². The van der Waals surface area contributed by atoms with Crippen molar-refractivity contribution in [2.45, 2.75) is 31.7 Å². The van der Waals surface area contributed by atoms with Crippen molar-refractivity contribution in [2.75, 3.05) is 7.11 Å². The number of rotatable bonds is 6. The summed E-state index contributed by atoms with van der Waals surface area (Å²) in [6.07, 6.45) is 0. The molecule has 8 heteroatoms. The Balaban J connectivity index is 3.29. The summed E-state index contributed by atoms with van der Waals surface area (Å²) in [5.41, 5.74) is 0.316. The van der Waals surface area contributed by atoms with Crippen LogP contribution in [0.4, 0.5) is 0 Å². The van der Waals surface area contributed by atoms with Gasteiger partial charge in [0, 0.05) is 0 Å². The molecular formula is C14H19NO6S. The number of nitrogens with one attached hydrogen (secondary N) is 1. The van der Waals surface area contributed by atoms with Crippen LogP contribution in [0.3, 0.4) is 0 Å². The van der Waals surface area contributed by atoms with Crippen LogP contribution in [0.5, 0.6) is 0 Å². The highest BCUT2D eigenvalue weighted by molar-refractivity contribution is 7.89. The van der Waals surface area contributed by atoms with Gasteiger partial charge in [-0.1, -0.05) is 19.9 Å². The van der Waals surface area contributed by atoms with Crippen molar-refractivity contribution in [3.63, 3.8) is 0 Å². The minimum atomic E-state index is -4.08. The summed E-state index contributed by atoms with van der Waals surface area (Å²) in [6, 6.07) is 2.89. The molecule has 0 aliphatic heterocycles. The van der Waals surface area contributed by atoms with Crippen molar-refractivity contribution >= 4 is 22.0 Å². The third-order valence-electron chi connectivity index (χ3n) is 3.19. The smallest absolute Gasteiger partial charge is 0.338 e. The number of esters is 1. The van der Waals surface area contributed by atoms with Crippen LogP contribution in [0.1, 0.15) is 29.8 Å². The van der Waals surface area contributed by atoms with Crippen LogP contribution < -0.4 is 4.72 Å². The fraction of sp³-hybridized carbons (Fsp3) is 0.429. The molecule has 2 N–H and O–H groups in total. The van der Waals surface area contributed by atoms with E-state index in [1.54, 1.807) is 13.8 Å². The van der Waals surface area contributed by atoms with Gasteiger partial charge in [-0.3, -0.25) is 4.79 Å². The highest BCUT2D eigenvalue weighted by atomic mass is 32.2. The molecule has 0 unspecified atom stereocenters. The molecule has 0 heterocycles. The number of carbonyl (C=O) groups excluding carboxylic acids is 1. The van der Waals surface area contributed by atoms with E-state index < -0.39 is 33.9 Å². The van der Waals surface area contributed by atoms with E-state index in [1.165, 1.54) is 32.2 Å². The van der Waals surface area contributed by atoms with Crippen molar-refractivity contribution in [1.29, 1.82) is 0 Å². The summed E-state index contributed by atoms with van der Waals surface area (Å²) < 4.78 is 31.6. The molecule has 1 rings (SSSR count). The largest absolute Gasteiger partial charge is 0.480 e. The zero-order chi connectivity index (χ0) is 17.1. The van der Waals surface area contributed by atoms with Crippen LogP contribution in [0.2, 0.25) is 0 Å². The first-order valence-electron chi connectivity index (χ1n) is 6.55. The SMILES string of the molecule is COC(=O)c1cccc(S(=O)(=O)N[C@H](C(=O)O)C(C)C)c1C. The molecule has 0 saturated heterocycles. The number of hydrogen-bond donors (Lipinski definition) is 2. The number of carboxylic acids is 1. The van der Waals surface area contributed by atoms with Crippen molar-refractivity contribution in [3.05, 3.63) is 29.3 Å². The zero-order valence-electron chi connectivity index (χ0n) is 12.8. The molecule has 122 valence electrons. The lowest BCUT2D eigenvalue weighted by Crippen LogP contribution is -2.44. The van der Waals surface area contributed by atoms with Gasteiger partial charge in [0.2, 0.25) is 10.0 Å². The first-order chi connectivity index (χ1) is 10.1. The third-order valence-corrected chi connectivity index (χ3v) is 4.78. The Morgan fingerprint density at radius 1 is 1.27 bits per heavy atom. The molecule has 0 aromatic heterocycles. The lowest BCUT2D eigenvalue weighted by Gasteiger charge is -2.19. The molecule has 0 spiro atoms. The second kappa shape index (κ2) is 6.89. The number of carbonyl (C=O) groups is 2. The Hall–Kier alpha value is -1.93. The minimum absolute atomic E-state index is 0.113. The molecule has 0 fully saturated rings. The van der Waals surface area contributed by atoms with Gasteiger partial charge in [0.05, 0.1) is 17.6 Å². The van der Waals surface area contributed by atoms with Crippen LogP contribution >= 0.6 is 0 Å². The highest BCUT2D eigenvalue weighted by Gasteiger charge is 2.29. The molecule has 0 bridgehead atoms. The number of benzene rings is 1. The Bertz CT molecular complexity index is 681. The van der Waals surface area contributed by atoms with Gasteiger partial charge < -0.3 is 9.84 Å². The van der Waals surface area contributed by atoms with Gasteiger partial charge in [-0.25, -0.2) is 13.2 Å². The number of aliphatic carboxylic acids is 1. The topological polar surface area (TPSA) is 110 Å². The van der Waals surface area contributed by atoms with E-state index in [1.807, 2.05) is 0 Å². The Morgan fingerprint density at radius 2 is 1.86 bits per heavy atom.